The zero-order valence-electron chi connectivity index (χ0n) is 11.4. The maximum atomic E-state index is 5.48. The van der Waals surface area contributed by atoms with Crippen LogP contribution in [-0.4, -0.2) is 24.1 Å². The molecule has 3 rings (SSSR count). The number of benzene rings is 2. The smallest absolute Gasteiger partial charge is 0.165 e. The fourth-order valence-electron chi connectivity index (χ4n) is 2.27. The standard InChI is InChI=1S/C16H15N3O/c1-17-14-9-10-18-16(19-14)15-12-6-4-3-5-11(12)7-8-13(15)20-2/h3-10H,1-2H3,(H,17,18,19). The van der Waals surface area contributed by atoms with Gasteiger partial charge in [0.15, 0.2) is 5.82 Å². The number of fused-ring (bicyclic) bond motifs is 1. The largest absolute Gasteiger partial charge is 0.496 e. The molecule has 4 nitrogen and oxygen atoms in total. The van der Waals surface area contributed by atoms with E-state index in [2.05, 4.69) is 27.4 Å². The lowest BCUT2D eigenvalue weighted by Gasteiger charge is -2.11. The van der Waals surface area contributed by atoms with Crippen molar-refractivity contribution in [2.45, 2.75) is 0 Å². The minimum Gasteiger partial charge on any atom is -0.496 e. The van der Waals surface area contributed by atoms with Crippen molar-refractivity contribution in [3.63, 3.8) is 0 Å². The van der Waals surface area contributed by atoms with Crippen LogP contribution in [-0.2, 0) is 0 Å². The molecule has 1 N–H and O–H groups in total. The third kappa shape index (κ3) is 2.05. The zero-order chi connectivity index (χ0) is 13.9. The molecule has 0 spiro atoms. The Morgan fingerprint density at radius 1 is 1.05 bits per heavy atom. The summed E-state index contributed by atoms with van der Waals surface area (Å²) >= 11 is 0. The zero-order valence-corrected chi connectivity index (χ0v) is 11.4. The van der Waals surface area contributed by atoms with E-state index < -0.39 is 0 Å². The summed E-state index contributed by atoms with van der Waals surface area (Å²) in [4.78, 5) is 8.90. The average Bonchev–Trinajstić information content (AvgIpc) is 2.53. The Bertz CT molecular complexity index is 756. The van der Waals surface area contributed by atoms with Crippen LogP contribution in [0.25, 0.3) is 22.2 Å². The molecule has 3 aromatic rings. The van der Waals surface area contributed by atoms with Crippen molar-refractivity contribution >= 4 is 16.6 Å². The first-order valence-electron chi connectivity index (χ1n) is 6.40. The van der Waals surface area contributed by atoms with Gasteiger partial charge >= 0.3 is 0 Å². The van der Waals surface area contributed by atoms with E-state index in [1.807, 2.05) is 37.4 Å². The Balaban J connectivity index is 2.32. The second kappa shape index (κ2) is 5.17. The summed E-state index contributed by atoms with van der Waals surface area (Å²) in [6.45, 7) is 0. The van der Waals surface area contributed by atoms with Gasteiger partial charge in [-0.1, -0.05) is 30.3 Å². The van der Waals surface area contributed by atoms with Crippen LogP contribution in [0.4, 0.5) is 5.82 Å². The lowest BCUT2D eigenvalue weighted by atomic mass is 10.0. The Labute approximate surface area is 117 Å². The minimum atomic E-state index is 0.658. The van der Waals surface area contributed by atoms with Crippen LogP contribution in [0.15, 0.2) is 48.7 Å². The fourth-order valence-corrected chi connectivity index (χ4v) is 2.27. The maximum absolute atomic E-state index is 5.48. The molecule has 0 aliphatic heterocycles. The first-order valence-corrected chi connectivity index (χ1v) is 6.40. The molecule has 20 heavy (non-hydrogen) atoms. The van der Waals surface area contributed by atoms with Crippen LogP contribution in [0.5, 0.6) is 5.75 Å². The number of methoxy groups -OCH3 is 1. The van der Waals surface area contributed by atoms with Gasteiger partial charge in [-0.3, -0.25) is 0 Å². The molecule has 1 aromatic heterocycles. The molecule has 0 fully saturated rings. The van der Waals surface area contributed by atoms with Crippen molar-refractivity contribution in [3.05, 3.63) is 48.7 Å². The van der Waals surface area contributed by atoms with Gasteiger partial charge in [0.2, 0.25) is 0 Å². The Kier molecular flexibility index (Phi) is 3.21. The van der Waals surface area contributed by atoms with E-state index in [1.54, 1.807) is 13.3 Å². The van der Waals surface area contributed by atoms with Crippen LogP contribution < -0.4 is 10.1 Å². The van der Waals surface area contributed by atoms with Gasteiger partial charge < -0.3 is 10.1 Å². The van der Waals surface area contributed by atoms with E-state index in [0.717, 1.165) is 27.9 Å². The first-order chi connectivity index (χ1) is 9.83. The van der Waals surface area contributed by atoms with Gasteiger partial charge in [0.1, 0.15) is 11.6 Å². The second-order valence-corrected chi connectivity index (χ2v) is 4.38. The SMILES string of the molecule is CNc1ccnc(-c2c(OC)ccc3ccccc23)n1. The van der Waals surface area contributed by atoms with Crippen LogP contribution >= 0.6 is 0 Å². The lowest BCUT2D eigenvalue weighted by Crippen LogP contribution is -1.98. The van der Waals surface area contributed by atoms with E-state index in [0.29, 0.717) is 5.82 Å². The molecule has 0 bridgehead atoms. The predicted molar refractivity (Wildman–Crippen MR) is 81.1 cm³/mol. The van der Waals surface area contributed by atoms with E-state index in [-0.39, 0.29) is 0 Å². The average molecular weight is 265 g/mol. The number of hydrogen-bond acceptors (Lipinski definition) is 4. The van der Waals surface area contributed by atoms with Crippen LogP contribution in [0.2, 0.25) is 0 Å². The Morgan fingerprint density at radius 2 is 1.90 bits per heavy atom. The molecule has 0 saturated heterocycles. The second-order valence-electron chi connectivity index (χ2n) is 4.38. The lowest BCUT2D eigenvalue weighted by molar-refractivity contribution is 0.416. The number of ether oxygens (including phenoxy) is 1. The van der Waals surface area contributed by atoms with E-state index >= 15 is 0 Å². The van der Waals surface area contributed by atoms with E-state index in [1.165, 1.54) is 0 Å². The normalized spacial score (nSPS) is 10.5. The molecule has 0 radical (unpaired) electrons. The highest BCUT2D eigenvalue weighted by Crippen LogP contribution is 2.35. The molecule has 0 aliphatic rings. The summed E-state index contributed by atoms with van der Waals surface area (Å²) in [6, 6.07) is 14.0. The fraction of sp³-hybridized carbons (Fsp3) is 0.125. The summed E-state index contributed by atoms with van der Waals surface area (Å²) in [5.41, 5.74) is 0.919. The van der Waals surface area contributed by atoms with Crippen LogP contribution in [0, 0.1) is 0 Å². The number of nitrogens with zero attached hydrogens (tertiary/aromatic N) is 2. The van der Waals surface area contributed by atoms with Gasteiger partial charge in [0.05, 0.1) is 12.7 Å². The summed E-state index contributed by atoms with van der Waals surface area (Å²) in [5, 5.41) is 5.25. The molecule has 0 amide bonds. The topological polar surface area (TPSA) is 47.0 Å². The van der Waals surface area contributed by atoms with E-state index in [4.69, 9.17) is 4.74 Å². The predicted octanol–water partition coefficient (Wildman–Crippen LogP) is 3.35. The number of rotatable bonds is 3. The van der Waals surface area contributed by atoms with Crippen molar-refractivity contribution < 1.29 is 4.74 Å². The van der Waals surface area contributed by atoms with Crippen molar-refractivity contribution in [1.82, 2.24) is 9.97 Å². The highest BCUT2D eigenvalue weighted by molar-refractivity contribution is 5.98. The highest BCUT2D eigenvalue weighted by Gasteiger charge is 2.13. The van der Waals surface area contributed by atoms with Crippen LogP contribution in [0.1, 0.15) is 0 Å². The molecular weight excluding hydrogens is 250 g/mol. The summed E-state index contributed by atoms with van der Waals surface area (Å²) in [7, 11) is 3.50. The van der Waals surface area contributed by atoms with Gasteiger partial charge in [-0.15, -0.1) is 0 Å². The Morgan fingerprint density at radius 3 is 2.70 bits per heavy atom. The van der Waals surface area contributed by atoms with E-state index in [9.17, 15) is 0 Å². The van der Waals surface area contributed by atoms with Crippen molar-refractivity contribution in [2.24, 2.45) is 0 Å². The maximum Gasteiger partial charge on any atom is 0.165 e. The summed E-state index contributed by atoms with van der Waals surface area (Å²) < 4.78 is 5.48. The quantitative estimate of drug-likeness (QED) is 0.789. The molecule has 100 valence electrons. The molecule has 0 aliphatic carbocycles. The molecule has 0 saturated carbocycles. The van der Waals surface area contributed by atoms with Crippen LogP contribution in [0.3, 0.4) is 0 Å². The van der Waals surface area contributed by atoms with Gasteiger partial charge in [0, 0.05) is 13.2 Å². The minimum absolute atomic E-state index is 0.658. The monoisotopic (exact) mass is 265 g/mol. The van der Waals surface area contributed by atoms with Crippen molar-refractivity contribution in [3.8, 4) is 17.1 Å². The molecular formula is C16H15N3O. The number of nitrogens with one attached hydrogen (secondary N) is 1. The highest BCUT2D eigenvalue weighted by atomic mass is 16.5. The number of anilines is 1. The molecule has 1 heterocycles. The summed E-state index contributed by atoms with van der Waals surface area (Å²) in [5.74, 6) is 2.22. The molecule has 2 aromatic carbocycles. The van der Waals surface area contributed by atoms with Gasteiger partial charge in [-0.05, 0) is 22.9 Å². The van der Waals surface area contributed by atoms with Gasteiger partial charge in [-0.25, -0.2) is 9.97 Å². The first kappa shape index (κ1) is 12.4. The number of hydrogen-bond donors (Lipinski definition) is 1. The van der Waals surface area contributed by atoms with Gasteiger partial charge in [0.25, 0.3) is 0 Å². The third-order valence-electron chi connectivity index (χ3n) is 3.25. The van der Waals surface area contributed by atoms with Crippen molar-refractivity contribution in [2.75, 3.05) is 19.5 Å². The molecule has 0 atom stereocenters. The van der Waals surface area contributed by atoms with Crippen molar-refractivity contribution in [1.29, 1.82) is 0 Å². The number of aromatic nitrogens is 2. The molecule has 4 heteroatoms. The molecule has 0 unspecified atom stereocenters. The third-order valence-corrected chi connectivity index (χ3v) is 3.25. The Hall–Kier alpha value is -2.62. The summed E-state index contributed by atoms with van der Waals surface area (Å²) in [6.07, 6.45) is 1.75. The van der Waals surface area contributed by atoms with Gasteiger partial charge in [-0.2, -0.15) is 0 Å².